The first-order valence-electron chi connectivity index (χ1n) is 12.0. The van der Waals surface area contributed by atoms with E-state index in [1.807, 2.05) is 54.2 Å². The molecule has 1 fully saturated rings. The zero-order valence-electron chi connectivity index (χ0n) is 20.3. The van der Waals surface area contributed by atoms with E-state index >= 15 is 0 Å². The van der Waals surface area contributed by atoms with Crippen LogP contribution in [0.4, 0.5) is 5.69 Å². The standard InChI is InChI=1S/C23H25Cl2N3S.C4H4O4/c24-17-9-10-21-19(15-17)23(18-7-3-4-8-20(18)25)26-16-22(27-21)29-14-13-28-11-5-1-2-6-12-28;5-3(6)1-2-4(7)8/h3-4,7-10,15H,1-2,5-6,11-14,16H2;1-2H,(H,5,6)(H,7,8). The molecule has 0 amide bonds. The molecule has 4 rings (SSSR count). The van der Waals surface area contributed by atoms with Gasteiger partial charge < -0.3 is 15.1 Å². The average Bonchev–Trinajstić information content (AvgIpc) is 3.23. The van der Waals surface area contributed by atoms with Crippen molar-refractivity contribution in [2.24, 2.45) is 9.98 Å². The first kappa shape index (κ1) is 28.9. The van der Waals surface area contributed by atoms with E-state index < -0.39 is 11.9 Å². The molecule has 7 nitrogen and oxygen atoms in total. The van der Waals surface area contributed by atoms with Gasteiger partial charge in [0.15, 0.2) is 0 Å². The second-order valence-corrected chi connectivity index (χ2v) is 10.4. The van der Waals surface area contributed by atoms with E-state index in [9.17, 15) is 9.59 Å². The van der Waals surface area contributed by atoms with Crippen LogP contribution in [0.5, 0.6) is 0 Å². The van der Waals surface area contributed by atoms with E-state index in [1.54, 1.807) is 0 Å². The van der Waals surface area contributed by atoms with Gasteiger partial charge in [0.1, 0.15) is 0 Å². The van der Waals surface area contributed by atoms with Gasteiger partial charge in [-0.1, -0.05) is 54.2 Å². The Balaban J connectivity index is 0.000000414. The minimum Gasteiger partial charge on any atom is -0.478 e. The van der Waals surface area contributed by atoms with Crippen LogP contribution in [0.3, 0.4) is 0 Å². The van der Waals surface area contributed by atoms with Crippen molar-refractivity contribution in [2.45, 2.75) is 25.7 Å². The minimum atomic E-state index is -1.26. The Morgan fingerprint density at radius 3 is 2.27 bits per heavy atom. The smallest absolute Gasteiger partial charge is 0.328 e. The Bertz CT molecular complexity index is 1180. The number of aliphatic imine (C=N–C) groups is 2. The largest absolute Gasteiger partial charge is 0.478 e. The maximum absolute atomic E-state index is 9.55. The van der Waals surface area contributed by atoms with E-state index in [0.717, 1.165) is 39.9 Å². The fraction of sp³-hybridized carbons (Fsp3) is 0.333. The topological polar surface area (TPSA) is 103 Å². The van der Waals surface area contributed by atoms with Crippen LogP contribution in [0.1, 0.15) is 36.8 Å². The van der Waals surface area contributed by atoms with Crippen molar-refractivity contribution in [3.05, 3.63) is 75.8 Å². The van der Waals surface area contributed by atoms with Gasteiger partial charge in [-0.25, -0.2) is 14.6 Å². The molecule has 0 saturated carbocycles. The summed E-state index contributed by atoms with van der Waals surface area (Å²) in [5.74, 6) is -1.47. The highest BCUT2D eigenvalue weighted by Gasteiger charge is 2.19. The van der Waals surface area contributed by atoms with Crippen molar-refractivity contribution in [1.29, 1.82) is 0 Å². The maximum atomic E-state index is 9.55. The van der Waals surface area contributed by atoms with Crippen LogP contribution in [0.25, 0.3) is 0 Å². The molecule has 37 heavy (non-hydrogen) atoms. The summed E-state index contributed by atoms with van der Waals surface area (Å²) in [5, 5.41) is 18.0. The van der Waals surface area contributed by atoms with Gasteiger partial charge in [-0.15, -0.1) is 11.8 Å². The van der Waals surface area contributed by atoms with Crippen molar-refractivity contribution < 1.29 is 19.8 Å². The highest BCUT2D eigenvalue weighted by Crippen LogP contribution is 2.31. The molecule has 2 heterocycles. The quantitative estimate of drug-likeness (QED) is 0.407. The molecule has 0 atom stereocenters. The number of hydrogen-bond acceptors (Lipinski definition) is 6. The molecule has 2 aromatic rings. The Morgan fingerprint density at radius 1 is 0.946 bits per heavy atom. The number of carboxylic acids is 2. The van der Waals surface area contributed by atoms with Crippen LogP contribution in [-0.4, -0.2) is 69.7 Å². The third-order valence-electron chi connectivity index (χ3n) is 5.70. The Labute approximate surface area is 230 Å². The highest BCUT2D eigenvalue weighted by molar-refractivity contribution is 8.14. The first-order chi connectivity index (χ1) is 17.8. The van der Waals surface area contributed by atoms with Crippen LogP contribution in [0.2, 0.25) is 10.0 Å². The lowest BCUT2D eigenvalue weighted by Crippen LogP contribution is -2.27. The van der Waals surface area contributed by atoms with E-state index in [0.29, 0.717) is 28.7 Å². The Kier molecular flexibility index (Phi) is 11.7. The molecular weight excluding hydrogens is 533 g/mol. The first-order valence-corrected chi connectivity index (χ1v) is 13.7. The second-order valence-electron chi connectivity index (χ2n) is 8.43. The van der Waals surface area contributed by atoms with Crippen LogP contribution >= 0.6 is 35.0 Å². The molecule has 2 N–H and O–H groups in total. The molecule has 2 aliphatic rings. The number of carbonyl (C=O) groups is 2. The van der Waals surface area contributed by atoms with E-state index in [4.69, 9.17) is 43.4 Å². The summed E-state index contributed by atoms with van der Waals surface area (Å²) in [6, 6.07) is 13.6. The SMILES string of the molecule is Clc1ccc2c(c1)C(c1ccccc1Cl)=NCC(SCCN1CCCCCC1)=N2.O=C(O)C=CC(=O)O. The second kappa shape index (κ2) is 14.9. The fourth-order valence-corrected chi connectivity index (χ4v) is 5.25. The van der Waals surface area contributed by atoms with Crippen molar-refractivity contribution in [3.63, 3.8) is 0 Å². The number of rotatable bonds is 6. The number of nitrogens with zero attached hydrogens (tertiary/aromatic N) is 3. The summed E-state index contributed by atoms with van der Waals surface area (Å²) in [5.41, 5.74) is 3.63. The molecule has 2 aliphatic heterocycles. The Morgan fingerprint density at radius 2 is 1.62 bits per heavy atom. The number of benzene rings is 2. The summed E-state index contributed by atoms with van der Waals surface area (Å²) >= 11 is 14.6. The molecule has 0 bridgehead atoms. The predicted molar refractivity (Wildman–Crippen MR) is 152 cm³/mol. The number of hydrogen-bond donors (Lipinski definition) is 2. The van der Waals surface area contributed by atoms with Crippen molar-refractivity contribution in [2.75, 3.05) is 31.9 Å². The van der Waals surface area contributed by atoms with Gasteiger partial charge in [-0.05, 0) is 50.2 Å². The number of aliphatic carboxylic acids is 2. The van der Waals surface area contributed by atoms with Crippen molar-refractivity contribution in [3.8, 4) is 0 Å². The molecule has 0 aromatic heterocycles. The third-order valence-corrected chi connectivity index (χ3v) is 7.21. The normalized spacial score (nSPS) is 15.9. The predicted octanol–water partition coefficient (Wildman–Crippen LogP) is 6.20. The van der Waals surface area contributed by atoms with E-state index in [-0.39, 0.29) is 0 Å². The summed E-state index contributed by atoms with van der Waals surface area (Å²) in [6.45, 7) is 4.13. The van der Waals surface area contributed by atoms with Gasteiger partial charge >= 0.3 is 11.9 Å². The monoisotopic (exact) mass is 561 g/mol. The van der Waals surface area contributed by atoms with Gasteiger partial charge in [0.05, 0.1) is 23.0 Å². The van der Waals surface area contributed by atoms with Crippen LogP contribution in [-0.2, 0) is 9.59 Å². The van der Waals surface area contributed by atoms with E-state index in [1.165, 1.54) is 38.8 Å². The molecule has 196 valence electrons. The van der Waals surface area contributed by atoms with Gasteiger partial charge in [0.25, 0.3) is 0 Å². The lowest BCUT2D eigenvalue weighted by molar-refractivity contribution is -0.134. The van der Waals surface area contributed by atoms with Gasteiger partial charge in [0.2, 0.25) is 0 Å². The van der Waals surface area contributed by atoms with Crippen molar-refractivity contribution >= 4 is 63.3 Å². The highest BCUT2D eigenvalue weighted by atomic mass is 35.5. The molecule has 0 spiro atoms. The number of fused-ring (bicyclic) bond motifs is 1. The lowest BCUT2D eigenvalue weighted by atomic mass is 10.0. The van der Waals surface area contributed by atoms with Crippen LogP contribution in [0, 0.1) is 0 Å². The Hall–Kier alpha value is -2.65. The number of carboxylic acid groups (broad SMARTS) is 2. The molecule has 2 aromatic carbocycles. The van der Waals surface area contributed by atoms with Gasteiger partial charge in [0, 0.05) is 45.6 Å². The van der Waals surface area contributed by atoms with Gasteiger partial charge in [-0.2, -0.15) is 0 Å². The number of likely N-dealkylation sites (tertiary alicyclic amines) is 1. The molecule has 0 radical (unpaired) electrons. The summed E-state index contributed by atoms with van der Waals surface area (Å²) in [4.78, 5) is 31.5. The summed E-state index contributed by atoms with van der Waals surface area (Å²) in [7, 11) is 0. The fourth-order valence-electron chi connectivity index (χ4n) is 3.95. The molecule has 0 aliphatic carbocycles. The average molecular weight is 563 g/mol. The summed E-state index contributed by atoms with van der Waals surface area (Å²) < 4.78 is 0. The zero-order valence-corrected chi connectivity index (χ0v) is 22.6. The zero-order chi connectivity index (χ0) is 26.6. The molecule has 1 saturated heterocycles. The summed E-state index contributed by atoms with van der Waals surface area (Å²) in [6.07, 6.45) is 6.51. The molecule has 0 unspecified atom stereocenters. The van der Waals surface area contributed by atoms with Crippen molar-refractivity contribution in [1.82, 2.24) is 4.90 Å². The van der Waals surface area contributed by atoms with Crippen LogP contribution in [0.15, 0.2) is 64.6 Å². The third kappa shape index (κ3) is 9.63. The molecular formula is C27H29Cl2N3O4S. The van der Waals surface area contributed by atoms with Crippen LogP contribution < -0.4 is 0 Å². The van der Waals surface area contributed by atoms with E-state index in [2.05, 4.69) is 4.90 Å². The number of halogens is 2. The number of thioether (sulfide) groups is 1. The minimum absolute atomic E-state index is 0.558. The molecule has 10 heteroatoms. The van der Waals surface area contributed by atoms with Gasteiger partial charge in [-0.3, -0.25) is 4.99 Å². The lowest BCUT2D eigenvalue weighted by Gasteiger charge is -2.19. The maximum Gasteiger partial charge on any atom is 0.328 e.